The van der Waals surface area contributed by atoms with Crippen molar-refractivity contribution in [1.29, 1.82) is 0 Å². The lowest BCUT2D eigenvalue weighted by atomic mass is 10.2. The van der Waals surface area contributed by atoms with Crippen LogP contribution >= 0.6 is 11.3 Å². The number of rotatable bonds is 8. The van der Waals surface area contributed by atoms with Gasteiger partial charge in [0.1, 0.15) is 11.1 Å². The zero-order valence-corrected chi connectivity index (χ0v) is 21.4. The van der Waals surface area contributed by atoms with Crippen LogP contribution in [0.5, 0.6) is 0 Å². The molecule has 1 unspecified atom stereocenters. The summed E-state index contributed by atoms with van der Waals surface area (Å²) in [5.41, 5.74) is 1.24. The number of amides is 1. The van der Waals surface area contributed by atoms with Crippen LogP contribution in [0, 0.1) is 0 Å². The summed E-state index contributed by atoms with van der Waals surface area (Å²) in [6.07, 6.45) is 1.49. The molecular weight excluding hydrogens is 492 g/mol. The molecule has 2 N–H and O–H groups in total. The standard InChI is InChI=1S/C27H28N4O3S2/c1-2-25(24-13-12-22(35-24)19-29-27(32)20-8-4-3-5-9-20)36(33,34)31-23-11-7-6-10-21(23)18-26(31)30-16-14-28-15-17-30/h2-13,18,25,28H,1,14-17,19H2,(H,29,32). The van der Waals surface area contributed by atoms with Crippen LogP contribution in [0.2, 0.25) is 0 Å². The van der Waals surface area contributed by atoms with E-state index in [9.17, 15) is 13.2 Å². The van der Waals surface area contributed by atoms with Gasteiger partial charge in [-0.25, -0.2) is 12.4 Å². The maximum Gasteiger partial charge on any atom is 0.252 e. The summed E-state index contributed by atoms with van der Waals surface area (Å²) in [4.78, 5) is 16.1. The van der Waals surface area contributed by atoms with E-state index in [1.54, 1.807) is 12.1 Å². The molecule has 1 aliphatic heterocycles. The highest BCUT2D eigenvalue weighted by molar-refractivity contribution is 7.90. The zero-order valence-electron chi connectivity index (χ0n) is 19.8. The van der Waals surface area contributed by atoms with E-state index in [0.717, 1.165) is 36.4 Å². The van der Waals surface area contributed by atoms with Crippen LogP contribution in [0.4, 0.5) is 5.82 Å². The van der Waals surface area contributed by atoms with Gasteiger partial charge in [-0.2, -0.15) is 0 Å². The number of thiophene rings is 1. The summed E-state index contributed by atoms with van der Waals surface area (Å²) in [7, 11) is -3.87. The molecule has 9 heteroatoms. The quantitative estimate of drug-likeness (QED) is 0.341. The molecule has 1 saturated heterocycles. The van der Waals surface area contributed by atoms with Crippen molar-refractivity contribution >= 4 is 44.0 Å². The number of carbonyl (C=O) groups is 1. The molecule has 186 valence electrons. The Hall–Kier alpha value is -3.40. The lowest BCUT2D eigenvalue weighted by Crippen LogP contribution is -2.44. The predicted molar refractivity (Wildman–Crippen MR) is 146 cm³/mol. The first-order valence-electron chi connectivity index (χ1n) is 11.8. The van der Waals surface area contributed by atoms with Crippen molar-refractivity contribution in [3.05, 3.63) is 101 Å². The number of piperazine rings is 1. The van der Waals surface area contributed by atoms with Crippen molar-refractivity contribution in [1.82, 2.24) is 14.6 Å². The molecule has 0 spiro atoms. The molecule has 1 aliphatic rings. The topological polar surface area (TPSA) is 83.4 Å². The minimum absolute atomic E-state index is 0.169. The first-order chi connectivity index (χ1) is 17.5. The van der Waals surface area contributed by atoms with Crippen LogP contribution in [-0.4, -0.2) is 44.5 Å². The van der Waals surface area contributed by atoms with E-state index in [1.165, 1.54) is 21.4 Å². The van der Waals surface area contributed by atoms with Gasteiger partial charge in [-0.05, 0) is 36.4 Å². The largest absolute Gasteiger partial charge is 0.355 e. The molecule has 0 aliphatic carbocycles. The molecule has 5 rings (SSSR count). The molecule has 4 aromatic rings. The van der Waals surface area contributed by atoms with E-state index in [4.69, 9.17) is 0 Å². The molecule has 0 saturated carbocycles. The number of nitrogens with one attached hydrogen (secondary N) is 2. The van der Waals surface area contributed by atoms with E-state index in [2.05, 4.69) is 22.1 Å². The molecule has 36 heavy (non-hydrogen) atoms. The summed E-state index contributed by atoms with van der Waals surface area (Å²) in [5.74, 6) is 0.509. The maximum absolute atomic E-state index is 14.1. The minimum Gasteiger partial charge on any atom is -0.355 e. The summed E-state index contributed by atoms with van der Waals surface area (Å²) >= 11 is 1.37. The average Bonchev–Trinajstić information content (AvgIpc) is 3.54. The van der Waals surface area contributed by atoms with E-state index >= 15 is 0 Å². The highest BCUT2D eigenvalue weighted by Crippen LogP contribution is 2.37. The lowest BCUT2D eigenvalue weighted by Gasteiger charge is -2.30. The van der Waals surface area contributed by atoms with E-state index in [-0.39, 0.29) is 5.91 Å². The number of carbonyl (C=O) groups excluding carboxylic acids is 1. The van der Waals surface area contributed by atoms with Crippen molar-refractivity contribution in [3.8, 4) is 0 Å². The Kier molecular flexibility index (Phi) is 6.95. The number of benzene rings is 2. The Balaban J connectivity index is 1.44. The van der Waals surface area contributed by atoms with Gasteiger partial charge in [0.25, 0.3) is 15.9 Å². The smallest absolute Gasteiger partial charge is 0.252 e. The van der Waals surface area contributed by atoms with Gasteiger partial charge in [-0.15, -0.1) is 17.9 Å². The Morgan fingerprint density at radius 1 is 1.06 bits per heavy atom. The summed E-state index contributed by atoms with van der Waals surface area (Å²) < 4.78 is 29.8. The molecule has 1 amide bonds. The van der Waals surface area contributed by atoms with E-state index < -0.39 is 15.3 Å². The fraction of sp³-hybridized carbons (Fsp3) is 0.222. The number of anilines is 1. The third-order valence-electron chi connectivity index (χ3n) is 6.30. The minimum atomic E-state index is -3.87. The second-order valence-electron chi connectivity index (χ2n) is 8.62. The summed E-state index contributed by atoms with van der Waals surface area (Å²) in [6, 6.07) is 22.2. The van der Waals surface area contributed by atoms with Gasteiger partial charge in [0, 0.05) is 46.9 Å². The Morgan fingerprint density at radius 3 is 2.53 bits per heavy atom. The van der Waals surface area contributed by atoms with Crippen molar-refractivity contribution in [2.75, 3.05) is 31.1 Å². The number of hydrogen-bond acceptors (Lipinski definition) is 6. The normalized spacial score (nSPS) is 15.1. The maximum atomic E-state index is 14.1. The second kappa shape index (κ2) is 10.3. The summed E-state index contributed by atoms with van der Waals surface area (Å²) in [5, 5.41) is 6.20. The Bertz CT molecular complexity index is 1490. The van der Waals surface area contributed by atoms with Gasteiger partial charge < -0.3 is 15.5 Å². The molecule has 2 aromatic heterocycles. The van der Waals surface area contributed by atoms with Gasteiger partial charge in [-0.3, -0.25) is 4.79 Å². The van der Waals surface area contributed by atoms with Gasteiger partial charge in [0.15, 0.2) is 0 Å². The van der Waals surface area contributed by atoms with Gasteiger partial charge in [0.05, 0.1) is 12.1 Å². The number of aromatic nitrogens is 1. The number of para-hydroxylation sites is 1. The van der Waals surface area contributed by atoms with Crippen molar-refractivity contribution in [3.63, 3.8) is 0 Å². The highest BCUT2D eigenvalue weighted by Gasteiger charge is 2.32. The van der Waals surface area contributed by atoms with E-state index in [0.29, 0.717) is 28.3 Å². The molecular formula is C27H28N4O3S2. The predicted octanol–water partition coefficient (Wildman–Crippen LogP) is 4.15. The third-order valence-corrected chi connectivity index (χ3v) is 9.60. The average molecular weight is 521 g/mol. The molecule has 2 aromatic carbocycles. The van der Waals surface area contributed by atoms with Crippen LogP contribution in [-0.2, 0) is 16.6 Å². The third kappa shape index (κ3) is 4.69. The van der Waals surface area contributed by atoms with E-state index in [1.807, 2.05) is 60.7 Å². The molecule has 3 heterocycles. The second-order valence-corrected chi connectivity index (χ2v) is 11.7. The van der Waals surface area contributed by atoms with Crippen LogP contribution in [0.3, 0.4) is 0 Å². The first-order valence-corrected chi connectivity index (χ1v) is 14.2. The number of hydrogen-bond donors (Lipinski definition) is 2. The highest BCUT2D eigenvalue weighted by atomic mass is 32.2. The van der Waals surface area contributed by atoms with Crippen molar-refractivity contribution < 1.29 is 13.2 Å². The fourth-order valence-corrected chi connectivity index (χ4v) is 7.65. The zero-order chi connectivity index (χ0) is 25.1. The summed E-state index contributed by atoms with van der Waals surface area (Å²) in [6.45, 7) is 7.26. The van der Waals surface area contributed by atoms with Crippen LogP contribution in [0.1, 0.15) is 25.4 Å². The monoisotopic (exact) mass is 520 g/mol. The van der Waals surface area contributed by atoms with Crippen LogP contribution in [0.15, 0.2) is 85.5 Å². The number of nitrogens with zero attached hydrogens (tertiary/aromatic N) is 2. The Labute approximate surface area is 215 Å². The van der Waals surface area contributed by atoms with Gasteiger partial charge >= 0.3 is 0 Å². The first kappa shape index (κ1) is 24.3. The van der Waals surface area contributed by atoms with Gasteiger partial charge in [-0.1, -0.05) is 42.5 Å². The van der Waals surface area contributed by atoms with Crippen LogP contribution in [0.25, 0.3) is 10.9 Å². The molecule has 0 radical (unpaired) electrons. The van der Waals surface area contributed by atoms with Crippen molar-refractivity contribution in [2.24, 2.45) is 0 Å². The molecule has 1 atom stereocenters. The van der Waals surface area contributed by atoms with Gasteiger partial charge in [0.2, 0.25) is 0 Å². The molecule has 0 bridgehead atoms. The van der Waals surface area contributed by atoms with Crippen molar-refractivity contribution in [2.45, 2.75) is 11.8 Å². The molecule has 1 fully saturated rings. The fourth-order valence-electron chi connectivity index (χ4n) is 4.50. The molecule has 7 nitrogen and oxygen atoms in total. The SMILES string of the molecule is C=CC(c1ccc(CNC(=O)c2ccccc2)s1)S(=O)(=O)n1c(N2CCNCC2)cc2ccccc21. The Morgan fingerprint density at radius 2 is 1.78 bits per heavy atom. The number of fused-ring (bicyclic) bond motifs is 1. The lowest BCUT2D eigenvalue weighted by molar-refractivity contribution is 0.0951. The van der Waals surface area contributed by atoms with Crippen LogP contribution < -0.4 is 15.5 Å².